The summed E-state index contributed by atoms with van der Waals surface area (Å²) in [5.41, 5.74) is 3.92. The standard InChI is InChI=1S/C21H16FNO3S/c22-17-8-6-14(7-9-17)20-23-18(12-27-20)21(25)26-11-19(24)16-5-4-13-2-1-3-15(13)10-16/h4-10,12H,1-3,11H2. The van der Waals surface area contributed by atoms with Crippen LogP contribution in [0.2, 0.25) is 0 Å². The van der Waals surface area contributed by atoms with Crippen molar-refractivity contribution in [2.75, 3.05) is 6.61 Å². The molecule has 0 spiro atoms. The highest BCUT2D eigenvalue weighted by Crippen LogP contribution is 2.25. The Balaban J connectivity index is 1.39. The van der Waals surface area contributed by atoms with Crippen LogP contribution < -0.4 is 0 Å². The van der Waals surface area contributed by atoms with E-state index < -0.39 is 5.97 Å². The van der Waals surface area contributed by atoms with Crippen LogP contribution in [0.1, 0.15) is 38.4 Å². The highest BCUT2D eigenvalue weighted by atomic mass is 32.1. The Morgan fingerprint density at radius 2 is 1.85 bits per heavy atom. The summed E-state index contributed by atoms with van der Waals surface area (Å²) < 4.78 is 18.1. The molecule has 0 radical (unpaired) electrons. The van der Waals surface area contributed by atoms with Crippen molar-refractivity contribution in [3.05, 3.63) is 76.0 Å². The summed E-state index contributed by atoms with van der Waals surface area (Å²) in [4.78, 5) is 28.7. The lowest BCUT2D eigenvalue weighted by atomic mass is 10.0. The molecule has 1 aromatic heterocycles. The zero-order valence-electron chi connectivity index (χ0n) is 14.4. The van der Waals surface area contributed by atoms with Crippen molar-refractivity contribution in [3.8, 4) is 10.6 Å². The van der Waals surface area contributed by atoms with E-state index in [0.29, 0.717) is 10.6 Å². The molecule has 0 aliphatic heterocycles. The molecular formula is C21H16FNO3S. The molecule has 1 heterocycles. The smallest absolute Gasteiger partial charge is 0.358 e. The molecule has 0 saturated heterocycles. The Hall–Kier alpha value is -2.86. The maximum Gasteiger partial charge on any atom is 0.358 e. The van der Waals surface area contributed by atoms with Gasteiger partial charge in [0.1, 0.15) is 10.8 Å². The summed E-state index contributed by atoms with van der Waals surface area (Å²) >= 11 is 1.26. The highest BCUT2D eigenvalue weighted by molar-refractivity contribution is 7.13. The molecule has 6 heteroatoms. The van der Waals surface area contributed by atoms with Crippen molar-refractivity contribution in [2.45, 2.75) is 19.3 Å². The number of benzene rings is 2. The van der Waals surface area contributed by atoms with E-state index in [1.165, 1.54) is 34.6 Å². The summed E-state index contributed by atoms with van der Waals surface area (Å²) in [6.07, 6.45) is 3.16. The van der Waals surface area contributed by atoms with Gasteiger partial charge in [-0.05, 0) is 60.7 Å². The predicted molar refractivity (Wildman–Crippen MR) is 101 cm³/mol. The average Bonchev–Trinajstić information content (AvgIpc) is 3.35. The number of halogens is 1. The molecule has 136 valence electrons. The normalized spacial score (nSPS) is 12.6. The summed E-state index contributed by atoms with van der Waals surface area (Å²) in [6.45, 7) is -0.318. The van der Waals surface area contributed by atoms with Gasteiger partial charge in [0.15, 0.2) is 18.1 Å². The van der Waals surface area contributed by atoms with Crippen molar-refractivity contribution in [1.82, 2.24) is 4.98 Å². The Morgan fingerprint density at radius 3 is 2.67 bits per heavy atom. The monoisotopic (exact) mass is 381 g/mol. The van der Waals surface area contributed by atoms with Crippen LogP contribution in [0.5, 0.6) is 0 Å². The first-order chi connectivity index (χ1) is 13.1. The van der Waals surface area contributed by atoms with Gasteiger partial charge in [0, 0.05) is 16.5 Å². The Bertz CT molecular complexity index is 1010. The molecule has 4 rings (SSSR count). The van der Waals surface area contributed by atoms with E-state index in [9.17, 15) is 14.0 Å². The minimum absolute atomic E-state index is 0.140. The minimum atomic E-state index is -0.644. The molecule has 0 amide bonds. The highest BCUT2D eigenvalue weighted by Gasteiger charge is 2.17. The van der Waals surface area contributed by atoms with Gasteiger partial charge in [0.25, 0.3) is 0 Å². The maximum absolute atomic E-state index is 13.0. The van der Waals surface area contributed by atoms with Gasteiger partial charge in [0.2, 0.25) is 0 Å². The molecule has 0 atom stereocenters. The van der Waals surface area contributed by atoms with E-state index in [0.717, 1.165) is 24.8 Å². The number of carbonyl (C=O) groups is 2. The number of Topliss-reactive ketones (excluding diaryl/α,β-unsaturated/α-hetero) is 1. The predicted octanol–water partition coefficient (Wildman–Crippen LogP) is 4.48. The lowest BCUT2D eigenvalue weighted by Gasteiger charge is -2.05. The zero-order chi connectivity index (χ0) is 18.8. The van der Waals surface area contributed by atoms with Gasteiger partial charge in [-0.1, -0.05) is 12.1 Å². The van der Waals surface area contributed by atoms with Gasteiger partial charge in [-0.25, -0.2) is 14.2 Å². The molecule has 2 aromatic carbocycles. The molecule has 0 N–H and O–H groups in total. The third-order valence-electron chi connectivity index (χ3n) is 4.56. The number of aromatic nitrogens is 1. The lowest BCUT2D eigenvalue weighted by molar-refractivity contribution is 0.0470. The first kappa shape index (κ1) is 17.5. The van der Waals surface area contributed by atoms with E-state index in [1.807, 2.05) is 12.1 Å². The number of hydrogen-bond donors (Lipinski definition) is 0. The third-order valence-corrected chi connectivity index (χ3v) is 5.45. The first-order valence-corrected chi connectivity index (χ1v) is 9.52. The van der Waals surface area contributed by atoms with Gasteiger partial charge < -0.3 is 4.74 Å². The number of aryl methyl sites for hydroxylation is 2. The number of rotatable bonds is 5. The Labute approximate surface area is 159 Å². The van der Waals surface area contributed by atoms with Crippen LogP contribution in [0.25, 0.3) is 10.6 Å². The second kappa shape index (κ2) is 7.40. The number of ether oxygens (including phenoxy) is 1. The third kappa shape index (κ3) is 3.80. The van der Waals surface area contributed by atoms with Crippen LogP contribution in [0, 0.1) is 5.82 Å². The van der Waals surface area contributed by atoms with Crippen molar-refractivity contribution in [3.63, 3.8) is 0 Å². The van der Waals surface area contributed by atoms with Crippen LogP contribution in [0.4, 0.5) is 4.39 Å². The summed E-state index contributed by atoms with van der Waals surface area (Å²) in [7, 11) is 0. The van der Waals surface area contributed by atoms with Crippen LogP contribution in [-0.2, 0) is 17.6 Å². The van der Waals surface area contributed by atoms with E-state index in [4.69, 9.17) is 4.74 Å². The van der Waals surface area contributed by atoms with Crippen LogP contribution in [-0.4, -0.2) is 23.3 Å². The average molecular weight is 381 g/mol. The molecule has 27 heavy (non-hydrogen) atoms. The van der Waals surface area contributed by atoms with Crippen molar-refractivity contribution < 1.29 is 18.7 Å². The van der Waals surface area contributed by atoms with E-state index >= 15 is 0 Å². The minimum Gasteiger partial charge on any atom is -0.453 e. The van der Waals surface area contributed by atoms with Crippen molar-refractivity contribution >= 4 is 23.1 Å². The number of fused-ring (bicyclic) bond motifs is 1. The molecule has 0 bridgehead atoms. The fourth-order valence-electron chi connectivity index (χ4n) is 3.13. The number of hydrogen-bond acceptors (Lipinski definition) is 5. The number of nitrogens with zero attached hydrogens (tertiary/aromatic N) is 1. The number of esters is 1. The van der Waals surface area contributed by atoms with E-state index in [-0.39, 0.29) is 23.9 Å². The second-order valence-corrected chi connectivity index (χ2v) is 7.24. The molecule has 1 aliphatic carbocycles. The fraction of sp³-hybridized carbons (Fsp3) is 0.190. The first-order valence-electron chi connectivity index (χ1n) is 8.64. The molecular weight excluding hydrogens is 365 g/mol. The van der Waals surface area contributed by atoms with Crippen LogP contribution >= 0.6 is 11.3 Å². The van der Waals surface area contributed by atoms with Crippen molar-refractivity contribution in [2.24, 2.45) is 0 Å². The Kier molecular flexibility index (Phi) is 4.81. The van der Waals surface area contributed by atoms with E-state index in [1.54, 1.807) is 23.6 Å². The largest absolute Gasteiger partial charge is 0.453 e. The second-order valence-electron chi connectivity index (χ2n) is 6.38. The topological polar surface area (TPSA) is 56.3 Å². The van der Waals surface area contributed by atoms with Crippen molar-refractivity contribution in [1.29, 1.82) is 0 Å². The van der Waals surface area contributed by atoms with Gasteiger partial charge in [-0.3, -0.25) is 4.79 Å². The number of ketones is 1. The van der Waals surface area contributed by atoms with Gasteiger partial charge in [0.05, 0.1) is 0 Å². The summed E-state index contributed by atoms with van der Waals surface area (Å²) in [5, 5.41) is 2.16. The quantitative estimate of drug-likeness (QED) is 0.483. The number of carbonyl (C=O) groups excluding carboxylic acids is 2. The van der Waals surface area contributed by atoms with Crippen LogP contribution in [0.15, 0.2) is 47.8 Å². The maximum atomic E-state index is 13.0. The van der Waals surface area contributed by atoms with Gasteiger partial charge in [-0.15, -0.1) is 11.3 Å². The SMILES string of the molecule is O=C(COC(=O)c1csc(-c2ccc(F)cc2)n1)c1ccc2c(c1)CCC2. The zero-order valence-corrected chi connectivity index (χ0v) is 15.2. The molecule has 0 unspecified atom stereocenters. The molecule has 1 aliphatic rings. The van der Waals surface area contributed by atoms with Gasteiger partial charge >= 0.3 is 5.97 Å². The summed E-state index contributed by atoms with van der Waals surface area (Å²) in [6, 6.07) is 11.5. The molecule has 0 saturated carbocycles. The fourth-order valence-corrected chi connectivity index (χ4v) is 3.92. The van der Waals surface area contributed by atoms with Gasteiger partial charge in [-0.2, -0.15) is 0 Å². The van der Waals surface area contributed by atoms with Crippen LogP contribution in [0.3, 0.4) is 0 Å². The lowest BCUT2D eigenvalue weighted by Crippen LogP contribution is -2.14. The van der Waals surface area contributed by atoms with E-state index in [2.05, 4.69) is 4.98 Å². The Morgan fingerprint density at radius 1 is 1.07 bits per heavy atom. The molecule has 3 aromatic rings. The molecule has 4 nitrogen and oxygen atoms in total. The number of thiazole rings is 1. The summed E-state index contributed by atoms with van der Waals surface area (Å²) in [5.74, 6) is -1.21. The molecule has 0 fully saturated rings.